The van der Waals surface area contributed by atoms with Gasteiger partial charge in [-0.15, -0.1) is 0 Å². The lowest BCUT2D eigenvalue weighted by molar-refractivity contribution is -0.384. The highest BCUT2D eigenvalue weighted by Crippen LogP contribution is 2.29. The minimum absolute atomic E-state index is 0.0536. The van der Waals surface area contributed by atoms with Gasteiger partial charge in [0.05, 0.1) is 17.5 Å². The molecule has 26 heavy (non-hydrogen) atoms. The van der Waals surface area contributed by atoms with Gasteiger partial charge in [0.1, 0.15) is 0 Å². The van der Waals surface area contributed by atoms with Crippen LogP contribution in [0.3, 0.4) is 0 Å². The molecule has 0 aliphatic heterocycles. The van der Waals surface area contributed by atoms with Crippen LogP contribution in [-0.2, 0) is 11.2 Å². The molecule has 1 aliphatic carbocycles. The van der Waals surface area contributed by atoms with Gasteiger partial charge in [0.15, 0.2) is 0 Å². The van der Waals surface area contributed by atoms with Crippen LogP contribution in [-0.4, -0.2) is 23.3 Å². The summed E-state index contributed by atoms with van der Waals surface area (Å²) >= 11 is 0. The van der Waals surface area contributed by atoms with Crippen molar-refractivity contribution in [2.75, 3.05) is 6.54 Å². The van der Waals surface area contributed by atoms with E-state index in [4.69, 9.17) is 0 Å². The maximum atomic E-state index is 12.2. The third-order valence-electron chi connectivity index (χ3n) is 4.43. The number of hydrogen-bond donors (Lipinski definition) is 2. The summed E-state index contributed by atoms with van der Waals surface area (Å²) in [6.07, 6.45) is 2.87. The minimum atomic E-state index is -0.565. The fourth-order valence-electron chi connectivity index (χ4n) is 3.17. The van der Waals surface area contributed by atoms with Gasteiger partial charge in [0.2, 0.25) is 5.91 Å². The van der Waals surface area contributed by atoms with Crippen LogP contribution in [0.15, 0.2) is 48.5 Å². The third-order valence-corrected chi connectivity index (χ3v) is 4.43. The fourth-order valence-corrected chi connectivity index (χ4v) is 3.17. The van der Waals surface area contributed by atoms with E-state index < -0.39 is 10.8 Å². The highest BCUT2D eigenvalue weighted by atomic mass is 16.6. The Morgan fingerprint density at radius 2 is 1.96 bits per heavy atom. The molecule has 3 rings (SSSR count). The molecule has 2 amide bonds. The van der Waals surface area contributed by atoms with Gasteiger partial charge in [-0.05, 0) is 36.5 Å². The predicted octanol–water partition coefficient (Wildman–Crippen LogP) is 2.52. The molecule has 0 fully saturated rings. The average Bonchev–Trinajstić information content (AvgIpc) is 2.66. The van der Waals surface area contributed by atoms with Crippen molar-refractivity contribution in [3.05, 3.63) is 75.3 Å². The molecule has 2 aromatic carbocycles. The summed E-state index contributed by atoms with van der Waals surface area (Å²) < 4.78 is 0. The summed E-state index contributed by atoms with van der Waals surface area (Å²) in [5, 5.41) is 16.2. The number of amides is 2. The Labute approximate surface area is 150 Å². The topological polar surface area (TPSA) is 101 Å². The van der Waals surface area contributed by atoms with Gasteiger partial charge < -0.3 is 10.6 Å². The molecule has 0 radical (unpaired) electrons. The van der Waals surface area contributed by atoms with Crippen LogP contribution >= 0.6 is 0 Å². The standard InChI is InChI=1S/C19H19N3O4/c23-18(21-17-10-4-6-13-5-1-2-9-16(13)17)12-20-19(24)14-7-3-8-15(11-14)22(25)26/h1-3,5,7-9,11,17H,4,6,10,12H2,(H,20,24)(H,21,23)/t17-/m0/s1. The number of fused-ring (bicyclic) bond motifs is 1. The number of non-ortho nitro benzene ring substituents is 1. The zero-order valence-electron chi connectivity index (χ0n) is 14.1. The minimum Gasteiger partial charge on any atom is -0.348 e. The number of hydrogen-bond acceptors (Lipinski definition) is 4. The second-order valence-corrected chi connectivity index (χ2v) is 6.20. The Bertz CT molecular complexity index is 850. The van der Waals surface area contributed by atoms with Crippen LogP contribution in [0.25, 0.3) is 0 Å². The molecule has 2 N–H and O–H groups in total. The van der Waals surface area contributed by atoms with E-state index in [2.05, 4.69) is 16.7 Å². The van der Waals surface area contributed by atoms with Gasteiger partial charge in [-0.2, -0.15) is 0 Å². The maximum Gasteiger partial charge on any atom is 0.270 e. The second-order valence-electron chi connectivity index (χ2n) is 6.20. The van der Waals surface area contributed by atoms with Crippen LogP contribution in [0.2, 0.25) is 0 Å². The summed E-state index contributed by atoms with van der Waals surface area (Å²) in [5.74, 6) is -0.807. The van der Waals surface area contributed by atoms with Crippen molar-refractivity contribution in [1.82, 2.24) is 10.6 Å². The van der Waals surface area contributed by atoms with Crippen LogP contribution in [0.1, 0.15) is 40.4 Å². The Balaban J connectivity index is 1.57. The van der Waals surface area contributed by atoms with Gasteiger partial charge in [0, 0.05) is 17.7 Å². The van der Waals surface area contributed by atoms with Crippen molar-refractivity contribution in [3.8, 4) is 0 Å². The molecule has 1 aliphatic rings. The Hall–Kier alpha value is -3.22. The summed E-state index contributed by atoms with van der Waals surface area (Å²) in [4.78, 5) is 34.5. The van der Waals surface area contributed by atoms with Crippen LogP contribution in [0.4, 0.5) is 5.69 Å². The highest BCUT2D eigenvalue weighted by molar-refractivity contribution is 5.97. The number of carbonyl (C=O) groups is 2. The molecule has 0 aromatic heterocycles. The van der Waals surface area contributed by atoms with E-state index in [1.807, 2.05) is 18.2 Å². The molecule has 0 saturated heterocycles. The van der Waals surface area contributed by atoms with Crippen molar-refractivity contribution < 1.29 is 14.5 Å². The number of nitrogens with zero attached hydrogens (tertiary/aromatic N) is 1. The summed E-state index contributed by atoms with van der Waals surface area (Å²) in [5.41, 5.74) is 2.35. The molecule has 0 bridgehead atoms. The van der Waals surface area contributed by atoms with E-state index in [0.29, 0.717) is 0 Å². The van der Waals surface area contributed by atoms with Crippen molar-refractivity contribution in [3.63, 3.8) is 0 Å². The van der Waals surface area contributed by atoms with E-state index in [1.54, 1.807) is 0 Å². The number of nitro groups is 1. The molecular weight excluding hydrogens is 334 g/mol. The van der Waals surface area contributed by atoms with Crippen molar-refractivity contribution >= 4 is 17.5 Å². The molecule has 0 unspecified atom stereocenters. The Kier molecular flexibility index (Phi) is 5.26. The van der Waals surface area contributed by atoms with Gasteiger partial charge in [0.25, 0.3) is 11.6 Å². The molecule has 7 heteroatoms. The Morgan fingerprint density at radius 3 is 2.77 bits per heavy atom. The Morgan fingerprint density at radius 1 is 1.15 bits per heavy atom. The van der Waals surface area contributed by atoms with Gasteiger partial charge in [-0.1, -0.05) is 30.3 Å². The molecule has 1 atom stereocenters. The first-order valence-electron chi connectivity index (χ1n) is 8.44. The number of rotatable bonds is 5. The van der Waals surface area contributed by atoms with E-state index >= 15 is 0 Å². The van der Waals surface area contributed by atoms with Gasteiger partial charge in [-0.25, -0.2) is 0 Å². The SMILES string of the molecule is O=C(CNC(=O)c1cccc([N+](=O)[O-])c1)N[C@H]1CCCc2ccccc21. The average molecular weight is 353 g/mol. The van der Waals surface area contributed by atoms with E-state index in [-0.39, 0.29) is 29.7 Å². The normalized spacial score (nSPS) is 15.6. The molecule has 2 aromatic rings. The molecule has 0 spiro atoms. The van der Waals surface area contributed by atoms with E-state index in [0.717, 1.165) is 24.8 Å². The fraction of sp³-hybridized carbons (Fsp3) is 0.263. The third kappa shape index (κ3) is 4.05. The smallest absolute Gasteiger partial charge is 0.270 e. The predicted molar refractivity (Wildman–Crippen MR) is 95.7 cm³/mol. The van der Waals surface area contributed by atoms with Crippen molar-refractivity contribution in [1.29, 1.82) is 0 Å². The first-order valence-corrected chi connectivity index (χ1v) is 8.44. The van der Waals surface area contributed by atoms with E-state index in [9.17, 15) is 19.7 Å². The lowest BCUT2D eigenvalue weighted by Crippen LogP contribution is -2.39. The second kappa shape index (κ2) is 7.77. The largest absolute Gasteiger partial charge is 0.348 e. The zero-order chi connectivity index (χ0) is 18.5. The highest BCUT2D eigenvalue weighted by Gasteiger charge is 2.21. The summed E-state index contributed by atoms with van der Waals surface area (Å²) in [6.45, 7) is -0.180. The molecular formula is C19H19N3O4. The monoisotopic (exact) mass is 353 g/mol. The zero-order valence-corrected chi connectivity index (χ0v) is 14.1. The lowest BCUT2D eigenvalue weighted by atomic mass is 9.88. The number of benzene rings is 2. The lowest BCUT2D eigenvalue weighted by Gasteiger charge is -2.26. The first-order chi connectivity index (χ1) is 12.5. The maximum absolute atomic E-state index is 12.2. The van der Waals surface area contributed by atoms with Crippen molar-refractivity contribution in [2.45, 2.75) is 25.3 Å². The molecule has 0 saturated carbocycles. The number of nitrogens with one attached hydrogen (secondary N) is 2. The quantitative estimate of drug-likeness (QED) is 0.637. The first kappa shape index (κ1) is 17.6. The number of nitro benzene ring substituents is 1. The van der Waals surface area contributed by atoms with Crippen LogP contribution < -0.4 is 10.6 Å². The summed E-state index contributed by atoms with van der Waals surface area (Å²) in [7, 11) is 0. The van der Waals surface area contributed by atoms with Crippen LogP contribution in [0.5, 0.6) is 0 Å². The molecule has 0 heterocycles. The molecule has 7 nitrogen and oxygen atoms in total. The van der Waals surface area contributed by atoms with Crippen LogP contribution in [0, 0.1) is 10.1 Å². The molecule has 134 valence electrons. The van der Waals surface area contributed by atoms with E-state index in [1.165, 1.54) is 29.8 Å². The number of aryl methyl sites for hydroxylation is 1. The number of carbonyl (C=O) groups excluding carboxylic acids is 2. The summed E-state index contributed by atoms with van der Waals surface area (Å²) in [6, 6.07) is 13.4. The van der Waals surface area contributed by atoms with Crippen molar-refractivity contribution in [2.24, 2.45) is 0 Å². The van der Waals surface area contributed by atoms with Gasteiger partial charge >= 0.3 is 0 Å². The van der Waals surface area contributed by atoms with Gasteiger partial charge in [-0.3, -0.25) is 19.7 Å².